The summed E-state index contributed by atoms with van der Waals surface area (Å²) in [6, 6.07) is 7.19. The summed E-state index contributed by atoms with van der Waals surface area (Å²) in [6.07, 6.45) is -2.93. The lowest BCUT2D eigenvalue weighted by Crippen LogP contribution is -2.82. The molecule has 2 amide bonds. The standard InChI is InChI=1S/C18H24N2O6/c1-18(2,3)20(17(25)26)10-9-19(16(23)24,14(12-20)15(21)22)11-13-7-5-4-6-8-13/h4-8,14H,9-12H2,1-3H3,(H-2,21,22,23,24,25,26)/t14-,19?,20?/m0/s1. The second-order valence-electron chi connectivity index (χ2n) is 7.83. The highest BCUT2D eigenvalue weighted by Crippen LogP contribution is 2.34. The molecule has 0 aromatic heterocycles. The van der Waals surface area contributed by atoms with Crippen LogP contribution >= 0.6 is 0 Å². The van der Waals surface area contributed by atoms with Crippen LogP contribution in [0, 0.1) is 0 Å². The number of carboxylic acids is 1. The zero-order valence-corrected chi connectivity index (χ0v) is 15.2. The van der Waals surface area contributed by atoms with Crippen molar-refractivity contribution in [3.8, 4) is 0 Å². The van der Waals surface area contributed by atoms with Crippen molar-refractivity contribution in [3.05, 3.63) is 35.9 Å². The number of rotatable bonds is 3. The molecule has 1 saturated heterocycles. The van der Waals surface area contributed by atoms with Crippen LogP contribution in [0.15, 0.2) is 30.3 Å². The molecular weight excluding hydrogens is 340 g/mol. The molecule has 2 unspecified atom stereocenters. The van der Waals surface area contributed by atoms with Crippen LogP contribution in [-0.2, 0) is 11.3 Å². The van der Waals surface area contributed by atoms with Crippen LogP contribution in [0.3, 0.4) is 0 Å². The molecule has 8 nitrogen and oxygen atoms in total. The van der Waals surface area contributed by atoms with Gasteiger partial charge in [0.2, 0.25) is 6.04 Å². The largest absolute Gasteiger partial charge is 0.498 e. The Balaban J connectivity index is 2.53. The monoisotopic (exact) mass is 364 g/mol. The average molecular weight is 364 g/mol. The SMILES string of the molecule is CC(C)(C)[N+]1(C(=O)[O-])CC[N+](Cc2ccccc2)(C(=O)[O-])[C@H](C(=O)O)C1. The maximum Gasteiger partial charge on any atom is 0.369 e. The molecule has 142 valence electrons. The first-order valence-corrected chi connectivity index (χ1v) is 8.40. The predicted molar refractivity (Wildman–Crippen MR) is 87.2 cm³/mol. The van der Waals surface area contributed by atoms with E-state index in [1.54, 1.807) is 51.1 Å². The molecule has 1 aliphatic heterocycles. The van der Waals surface area contributed by atoms with E-state index in [9.17, 15) is 29.7 Å². The van der Waals surface area contributed by atoms with Gasteiger partial charge in [0.05, 0.1) is 5.54 Å². The van der Waals surface area contributed by atoms with Gasteiger partial charge in [0.15, 0.2) is 0 Å². The molecule has 1 aromatic rings. The molecule has 0 saturated carbocycles. The Morgan fingerprint density at radius 2 is 1.65 bits per heavy atom. The highest BCUT2D eigenvalue weighted by Gasteiger charge is 2.59. The summed E-state index contributed by atoms with van der Waals surface area (Å²) in [7, 11) is 0. The van der Waals surface area contributed by atoms with Crippen LogP contribution < -0.4 is 10.2 Å². The minimum atomic E-state index is -1.52. The van der Waals surface area contributed by atoms with Crippen LogP contribution in [0.5, 0.6) is 0 Å². The third-order valence-electron chi connectivity index (χ3n) is 5.55. The number of amides is 2. The second kappa shape index (κ2) is 6.69. The van der Waals surface area contributed by atoms with Gasteiger partial charge in [0, 0.05) is 5.56 Å². The van der Waals surface area contributed by atoms with Crippen molar-refractivity contribution in [2.45, 2.75) is 38.9 Å². The molecule has 3 atom stereocenters. The van der Waals surface area contributed by atoms with Crippen molar-refractivity contribution < 1.29 is 38.7 Å². The van der Waals surface area contributed by atoms with Gasteiger partial charge in [-0.3, -0.25) is 4.48 Å². The Hall–Kier alpha value is -2.45. The molecule has 1 heterocycles. The Kier molecular flexibility index (Phi) is 5.12. The molecule has 1 N–H and O–H groups in total. The average Bonchev–Trinajstić information content (AvgIpc) is 2.54. The van der Waals surface area contributed by atoms with E-state index in [0.717, 1.165) is 0 Å². The first kappa shape index (κ1) is 19.9. The van der Waals surface area contributed by atoms with E-state index in [-0.39, 0.29) is 26.2 Å². The topological polar surface area (TPSA) is 118 Å². The van der Waals surface area contributed by atoms with Gasteiger partial charge >= 0.3 is 5.97 Å². The van der Waals surface area contributed by atoms with Crippen molar-refractivity contribution in [3.63, 3.8) is 0 Å². The third kappa shape index (κ3) is 3.17. The number of hydrogen-bond donors (Lipinski definition) is 1. The van der Waals surface area contributed by atoms with Gasteiger partial charge in [-0.2, -0.15) is 0 Å². The summed E-state index contributed by atoms with van der Waals surface area (Å²) in [5.74, 6) is -1.36. The lowest BCUT2D eigenvalue weighted by atomic mass is 9.95. The van der Waals surface area contributed by atoms with Gasteiger partial charge in [-0.25, -0.2) is 9.28 Å². The number of piperazine rings is 1. The van der Waals surface area contributed by atoms with Crippen molar-refractivity contribution >= 4 is 18.2 Å². The number of carbonyl (C=O) groups excluding carboxylic acids is 2. The van der Waals surface area contributed by atoms with E-state index in [1.807, 2.05) is 0 Å². The molecule has 1 aromatic carbocycles. The highest BCUT2D eigenvalue weighted by atomic mass is 16.4. The summed E-state index contributed by atoms with van der Waals surface area (Å²) in [4.78, 5) is 36.0. The zero-order valence-electron chi connectivity index (χ0n) is 15.2. The summed E-state index contributed by atoms with van der Waals surface area (Å²) in [5, 5.41) is 33.7. The molecular formula is C18H24N2O6. The smallest absolute Gasteiger partial charge is 0.369 e. The second-order valence-corrected chi connectivity index (χ2v) is 7.83. The predicted octanol–water partition coefficient (Wildman–Crippen LogP) is -0.228. The molecule has 0 bridgehead atoms. The first-order valence-electron chi connectivity index (χ1n) is 8.40. The number of carboxylic acid groups (broad SMARTS) is 3. The maximum absolute atomic E-state index is 12.1. The Morgan fingerprint density at radius 1 is 1.08 bits per heavy atom. The van der Waals surface area contributed by atoms with Gasteiger partial charge in [-0.15, -0.1) is 0 Å². The molecule has 2 rings (SSSR count). The molecule has 0 radical (unpaired) electrons. The number of aliphatic carboxylic acids is 1. The molecule has 0 spiro atoms. The minimum absolute atomic E-state index is 0.0591. The molecule has 1 fully saturated rings. The number of hydrogen-bond acceptors (Lipinski definition) is 5. The molecule has 8 heteroatoms. The molecule has 1 aliphatic rings. The summed E-state index contributed by atoms with van der Waals surface area (Å²) in [6.45, 7) is 4.32. The summed E-state index contributed by atoms with van der Waals surface area (Å²) >= 11 is 0. The molecule has 26 heavy (non-hydrogen) atoms. The van der Waals surface area contributed by atoms with Crippen LogP contribution in [0.1, 0.15) is 26.3 Å². The number of quaternary nitrogens is 2. The lowest BCUT2D eigenvalue weighted by Gasteiger charge is -2.56. The van der Waals surface area contributed by atoms with E-state index in [2.05, 4.69) is 0 Å². The van der Waals surface area contributed by atoms with Gasteiger partial charge in [0.25, 0.3) is 12.2 Å². The Morgan fingerprint density at radius 3 is 2.08 bits per heavy atom. The fourth-order valence-electron chi connectivity index (χ4n) is 3.77. The van der Waals surface area contributed by atoms with Crippen LogP contribution in [0.4, 0.5) is 9.59 Å². The van der Waals surface area contributed by atoms with Crippen LogP contribution in [0.25, 0.3) is 0 Å². The van der Waals surface area contributed by atoms with E-state index < -0.39 is 38.7 Å². The number of nitrogens with zero attached hydrogens (tertiary/aromatic N) is 2. The van der Waals surface area contributed by atoms with E-state index in [0.29, 0.717) is 5.56 Å². The van der Waals surface area contributed by atoms with Crippen LogP contribution in [-0.4, -0.2) is 63.4 Å². The normalized spacial score (nSPS) is 29.1. The fourth-order valence-corrected chi connectivity index (χ4v) is 3.77. The van der Waals surface area contributed by atoms with Crippen molar-refractivity contribution in [2.24, 2.45) is 0 Å². The molecule has 0 aliphatic carbocycles. The van der Waals surface area contributed by atoms with Crippen molar-refractivity contribution in [1.29, 1.82) is 0 Å². The van der Waals surface area contributed by atoms with Gasteiger partial charge in [-0.05, 0) is 20.8 Å². The first-order chi connectivity index (χ1) is 12.0. The van der Waals surface area contributed by atoms with Crippen molar-refractivity contribution in [1.82, 2.24) is 0 Å². The Labute approximate surface area is 152 Å². The quantitative estimate of drug-likeness (QED) is 0.741. The third-order valence-corrected chi connectivity index (χ3v) is 5.55. The van der Waals surface area contributed by atoms with Gasteiger partial charge < -0.3 is 24.9 Å². The minimum Gasteiger partial charge on any atom is -0.498 e. The lowest BCUT2D eigenvalue weighted by molar-refractivity contribution is -1.02. The highest BCUT2D eigenvalue weighted by molar-refractivity contribution is 5.75. The van der Waals surface area contributed by atoms with E-state index >= 15 is 0 Å². The number of carbonyl (C=O) groups is 3. The summed E-state index contributed by atoms with van der Waals surface area (Å²) in [5.41, 5.74) is -0.200. The number of benzene rings is 1. The fraction of sp³-hybridized carbons (Fsp3) is 0.500. The van der Waals surface area contributed by atoms with Gasteiger partial charge in [-0.1, -0.05) is 30.3 Å². The maximum atomic E-state index is 12.1. The zero-order chi connectivity index (χ0) is 19.8. The van der Waals surface area contributed by atoms with Crippen LogP contribution in [0.2, 0.25) is 0 Å². The Bertz CT molecular complexity index is 714. The van der Waals surface area contributed by atoms with E-state index in [4.69, 9.17) is 0 Å². The van der Waals surface area contributed by atoms with E-state index in [1.165, 1.54) is 0 Å². The van der Waals surface area contributed by atoms with Gasteiger partial charge in [0.1, 0.15) is 26.2 Å². The summed E-state index contributed by atoms with van der Waals surface area (Å²) < 4.78 is -1.46. The van der Waals surface area contributed by atoms with Crippen molar-refractivity contribution in [2.75, 3.05) is 19.6 Å².